The summed E-state index contributed by atoms with van der Waals surface area (Å²) in [6.07, 6.45) is 2.64. The molecule has 7 heteroatoms. The molecule has 0 atom stereocenters. The highest BCUT2D eigenvalue weighted by Crippen LogP contribution is 2.42. The minimum atomic E-state index is -0.828. The van der Waals surface area contributed by atoms with Gasteiger partial charge in [-0.25, -0.2) is 9.18 Å². The molecule has 1 aromatic carbocycles. The molecule has 0 aliphatic heterocycles. The van der Waals surface area contributed by atoms with Gasteiger partial charge in [-0.2, -0.15) is 0 Å². The fourth-order valence-corrected chi connectivity index (χ4v) is 2.02. The molecule has 0 saturated heterocycles. The Bertz CT molecular complexity index is 870. The molecule has 0 fully saturated rings. The van der Waals surface area contributed by atoms with E-state index in [-0.39, 0.29) is 22.6 Å². The lowest BCUT2D eigenvalue weighted by atomic mass is 10.2. The second-order valence-electron chi connectivity index (χ2n) is 4.54. The van der Waals surface area contributed by atoms with E-state index in [0.717, 1.165) is 12.1 Å². The lowest BCUT2D eigenvalue weighted by molar-refractivity contribution is 0.0728. The van der Waals surface area contributed by atoms with E-state index in [1.165, 1.54) is 35.0 Å². The van der Waals surface area contributed by atoms with Crippen LogP contribution in [-0.2, 0) is 0 Å². The summed E-state index contributed by atoms with van der Waals surface area (Å²) in [5, 5.41) is 29.3. The molecule has 0 spiro atoms. The van der Waals surface area contributed by atoms with Crippen molar-refractivity contribution in [1.82, 2.24) is 4.40 Å². The van der Waals surface area contributed by atoms with Crippen LogP contribution in [0.25, 0.3) is 5.52 Å². The molecule has 3 N–H and O–H groups in total. The number of carbonyl (C=O) groups excluding carboxylic acids is 1. The van der Waals surface area contributed by atoms with Crippen molar-refractivity contribution in [1.29, 1.82) is 0 Å². The number of nitrogens with zero attached hydrogens (tertiary/aromatic N) is 1. The maximum Gasteiger partial charge on any atom is 0.343 e. The van der Waals surface area contributed by atoms with Crippen molar-refractivity contribution < 1.29 is 29.2 Å². The first-order chi connectivity index (χ1) is 10.5. The average Bonchev–Trinajstić information content (AvgIpc) is 2.86. The number of aromatic nitrogens is 1. The standard InChI is InChI=1S/C15H10FNO5/c16-9-3-1-8(2-4-9)15(21)22-11-7-17-6-5-10(18)12(17)14(20)13(11)19/h1-7,18-20H. The summed E-state index contributed by atoms with van der Waals surface area (Å²) in [6, 6.07) is 5.96. The Morgan fingerprint density at radius 3 is 2.41 bits per heavy atom. The number of halogens is 1. The van der Waals surface area contributed by atoms with E-state index < -0.39 is 23.3 Å². The van der Waals surface area contributed by atoms with E-state index >= 15 is 0 Å². The number of benzene rings is 1. The first kappa shape index (κ1) is 13.7. The van der Waals surface area contributed by atoms with Crippen LogP contribution in [0.5, 0.6) is 23.0 Å². The number of fused-ring (bicyclic) bond motifs is 1. The van der Waals surface area contributed by atoms with Crippen molar-refractivity contribution in [2.45, 2.75) is 0 Å². The van der Waals surface area contributed by atoms with Gasteiger partial charge in [0.2, 0.25) is 5.75 Å². The Kier molecular flexibility index (Phi) is 3.10. The molecule has 112 valence electrons. The zero-order chi connectivity index (χ0) is 15.9. The predicted molar refractivity (Wildman–Crippen MR) is 73.7 cm³/mol. The van der Waals surface area contributed by atoms with E-state index in [4.69, 9.17) is 4.74 Å². The number of hydrogen-bond acceptors (Lipinski definition) is 5. The molecular weight excluding hydrogens is 293 g/mol. The quantitative estimate of drug-likeness (QED) is 0.632. The lowest BCUT2D eigenvalue weighted by Gasteiger charge is -2.09. The molecule has 3 aromatic rings. The number of aromatic hydroxyl groups is 3. The van der Waals surface area contributed by atoms with Crippen molar-refractivity contribution in [3.05, 3.63) is 54.1 Å². The predicted octanol–water partition coefficient (Wildman–Crippen LogP) is 2.41. The third-order valence-electron chi connectivity index (χ3n) is 3.11. The van der Waals surface area contributed by atoms with Crippen LogP contribution in [0, 0.1) is 5.82 Å². The van der Waals surface area contributed by atoms with Gasteiger partial charge in [-0.15, -0.1) is 0 Å². The SMILES string of the molecule is O=C(Oc1cn2ccc(O)c2c(O)c1O)c1ccc(F)cc1. The van der Waals surface area contributed by atoms with E-state index in [1.807, 2.05) is 0 Å². The third kappa shape index (κ3) is 2.18. The van der Waals surface area contributed by atoms with Crippen molar-refractivity contribution in [3.8, 4) is 23.0 Å². The number of pyridine rings is 1. The first-order valence-corrected chi connectivity index (χ1v) is 6.19. The van der Waals surface area contributed by atoms with Gasteiger partial charge in [0.25, 0.3) is 0 Å². The minimum Gasteiger partial charge on any atom is -0.506 e. The first-order valence-electron chi connectivity index (χ1n) is 6.19. The molecule has 0 bridgehead atoms. The van der Waals surface area contributed by atoms with Crippen LogP contribution in [0.1, 0.15) is 10.4 Å². The van der Waals surface area contributed by atoms with Crippen LogP contribution in [0.3, 0.4) is 0 Å². The van der Waals surface area contributed by atoms with Crippen LogP contribution < -0.4 is 4.74 Å². The summed E-state index contributed by atoms with van der Waals surface area (Å²) < 4.78 is 19.1. The Balaban J connectivity index is 1.98. The van der Waals surface area contributed by atoms with Gasteiger partial charge in [-0.05, 0) is 30.3 Å². The monoisotopic (exact) mass is 303 g/mol. The molecule has 0 unspecified atom stereocenters. The molecule has 2 heterocycles. The Morgan fingerprint density at radius 2 is 1.73 bits per heavy atom. The largest absolute Gasteiger partial charge is 0.506 e. The van der Waals surface area contributed by atoms with E-state index in [9.17, 15) is 24.5 Å². The Labute approximate surface area is 123 Å². The van der Waals surface area contributed by atoms with Crippen LogP contribution in [-0.4, -0.2) is 25.7 Å². The van der Waals surface area contributed by atoms with E-state index in [1.54, 1.807) is 0 Å². The van der Waals surface area contributed by atoms with Crippen molar-refractivity contribution in [2.24, 2.45) is 0 Å². The van der Waals surface area contributed by atoms with Crippen molar-refractivity contribution >= 4 is 11.5 Å². The fraction of sp³-hybridized carbons (Fsp3) is 0. The highest BCUT2D eigenvalue weighted by Gasteiger charge is 2.19. The Hall–Kier alpha value is -3.22. The van der Waals surface area contributed by atoms with Crippen molar-refractivity contribution in [2.75, 3.05) is 0 Å². The van der Waals surface area contributed by atoms with Gasteiger partial charge in [-0.1, -0.05) is 0 Å². The molecule has 0 saturated carbocycles. The summed E-state index contributed by atoms with van der Waals surface area (Å²) >= 11 is 0. The normalized spacial score (nSPS) is 10.8. The summed E-state index contributed by atoms with van der Waals surface area (Å²) in [7, 11) is 0. The highest BCUT2D eigenvalue weighted by molar-refractivity contribution is 5.91. The molecule has 0 radical (unpaired) electrons. The van der Waals surface area contributed by atoms with Gasteiger partial charge in [0.05, 0.1) is 11.8 Å². The van der Waals surface area contributed by atoms with Crippen LogP contribution in [0.2, 0.25) is 0 Å². The van der Waals surface area contributed by atoms with Crippen LogP contribution in [0.15, 0.2) is 42.7 Å². The molecule has 3 rings (SSSR count). The topological polar surface area (TPSA) is 91.4 Å². The fourth-order valence-electron chi connectivity index (χ4n) is 2.02. The van der Waals surface area contributed by atoms with Gasteiger partial charge in [0, 0.05) is 6.20 Å². The van der Waals surface area contributed by atoms with Gasteiger partial charge >= 0.3 is 5.97 Å². The number of ether oxygens (including phenoxy) is 1. The van der Waals surface area contributed by atoms with Gasteiger partial charge in [0.1, 0.15) is 17.1 Å². The molecule has 0 aliphatic rings. The second-order valence-corrected chi connectivity index (χ2v) is 4.54. The zero-order valence-corrected chi connectivity index (χ0v) is 11.0. The Morgan fingerprint density at radius 1 is 1.05 bits per heavy atom. The number of carbonyl (C=O) groups is 1. The van der Waals surface area contributed by atoms with Crippen molar-refractivity contribution in [3.63, 3.8) is 0 Å². The maximum absolute atomic E-state index is 12.8. The molecule has 2 aromatic heterocycles. The third-order valence-corrected chi connectivity index (χ3v) is 3.11. The molecule has 0 aliphatic carbocycles. The number of rotatable bonds is 2. The maximum atomic E-state index is 12.8. The highest BCUT2D eigenvalue weighted by atomic mass is 19.1. The molecule has 22 heavy (non-hydrogen) atoms. The molecule has 0 amide bonds. The average molecular weight is 303 g/mol. The second kappa shape index (κ2) is 4.96. The smallest absolute Gasteiger partial charge is 0.343 e. The van der Waals surface area contributed by atoms with Gasteiger partial charge in [-0.3, -0.25) is 0 Å². The van der Waals surface area contributed by atoms with Crippen LogP contribution >= 0.6 is 0 Å². The summed E-state index contributed by atoms with van der Waals surface area (Å²) in [4.78, 5) is 11.9. The minimum absolute atomic E-state index is 0.0147. The van der Waals surface area contributed by atoms with E-state index in [2.05, 4.69) is 0 Å². The summed E-state index contributed by atoms with van der Waals surface area (Å²) in [5.74, 6) is -3.16. The summed E-state index contributed by atoms with van der Waals surface area (Å²) in [5.41, 5.74) is 0.0646. The number of esters is 1. The number of hydrogen-bond donors (Lipinski definition) is 3. The lowest BCUT2D eigenvalue weighted by Crippen LogP contribution is -2.09. The van der Waals surface area contributed by atoms with Gasteiger partial charge in [0.15, 0.2) is 11.5 Å². The zero-order valence-electron chi connectivity index (χ0n) is 11.0. The molecular formula is C15H10FNO5. The van der Waals surface area contributed by atoms with E-state index in [0.29, 0.717) is 0 Å². The van der Waals surface area contributed by atoms with Gasteiger partial charge < -0.3 is 24.5 Å². The van der Waals surface area contributed by atoms with Crippen LogP contribution in [0.4, 0.5) is 4.39 Å². The summed E-state index contributed by atoms with van der Waals surface area (Å²) in [6.45, 7) is 0. The molecule has 6 nitrogen and oxygen atoms in total.